The van der Waals surface area contributed by atoms with Gasteiger partial charge in [0.1, 0.15) is 0 Å². The van der Waals surface area contributed by atoms with E-state index in [0.29, 0.717) is 5.56 Å². The maximum Gasteiger partial charge on any atom is 0.0991 e. The summed E-state index contributed by atoms with van der Waals surface area (Å²) in [4.78, 5) is 4.32. The zero-order chi connectivity index (χ0) is 14.7. The van der Waals surface area contributed by atoms with Crippen LogP contribution in [0.4, 0.5) is 5.69 Å². The van der Waals surface area contributed by atoms with Crippen LogP contribution in [0.3, 0.4) is 0 Å². The fraction of sp³-hybridized carbons (Fsp3) is 0.111. The van der Waals surface area contributed by atoms with Gasteiger partial charge in [0, 0.05) is 23.3 Å². The van der Waals surface area contributed by atoms with Crippen LogP contribution in [0.25, 0.3) is 10.9 Å². The lowest BCUT2D eigenvalue weighted by Gasteiger charge is -2.16. The van der Waals surface area contributed by atoms with Crippen molar-refractivity contribution in [2.24, 2.45) is 0 Å². The Labute approximate surface area is 123 Å². The molecule has 3 nitrogen and oxygen atoms in total. The molecule has 0 aliphatic rings. The van der Waals surface area contributed by atoms with Gasteiger partial charge in [0.15, 0.2) is 0 Å². The van der Waals surface area contributed by atoms with Gasteiger partial charge in [0.25, 0.3) is 0 Å². The molecule has 0 aliphatic carbocycles. The van der Waals surface area contributed by atoms with Crippen LogP contribution in [0.5, 0.6) is 0 Å². The molecule has 0 fully saturated rings. The van der Waals surface area contributed by atoms with E-state index in [1.807, 2.05) is 42.5 Å². The zero-order valence-corrected chi connectivity index (χ0v) is 11.7. The van der Waals surface area contributed by atoms with E-state index in [9.17, 15) is 0 Å². The highest BCUT2D eigenvalue weighted by molar-refractivity contribution is 5.82. The van der Waals surface area contributed by atoms with Crippen LogP contribution in [0, 0.1) is 11.3 Å². The number of pyridine rings is 1. The minimum absolute atomic E-state index is 0.173. The molecule has 0 spiro atoms. The number of benzene rings is 2. The monoisotopic (exact) mass is 273 g/mol. The smallest absolute Gasteiger partial charge is 0.0991 e. The standard InChI is InChI=1S/C18H15N3/c1-13(15-6-4-14(12-19)5-7-15)21-17-8-9-18-16(11-17)3-2-10-20-18/h2-11,13,21H,1H3. The Balaban J connectivity index is 1.81. The minimum atomic E-state index is 0.173. The number of nitriles is 1. The Kier molecular flexibility index (Phi) is 3.53. The third kappa shape index (κ3) is 2.85. The molecule has 0 saturated heterocycles. The third-order valence-electron chi connectivity index (χ3n) is 3.53. The maximum absolute atomic E-state index is 8.83. The summed E-state index contributed by atoms with van der Waals surface area (Å²) < 4.78 is 0. The molecule has 0 aliphatic heterocycles. The average Bonchev–Trinajstić information content (AvgIpc) is 2.55. The Morgan fingerprint density at radius 3 is 2.67 bits per heavy atom. The lowest BCUT2D eigenvalue weighted by atomic mass is 10.1. The highest BCUT2D eigenvalue weighted by Crippen LogP contribution is 2.22. The summed E-state index contributed by atoms with van der Waals surface area (Å²) in [6.45, 7) is 2.11. The molecule has 102 valence electrons. The number of aromatic nitrogens is 1. The van der Waals surface area contributed by atoms with E-state index in [-0.39, 0.29) is 6.04 Å². The first-order chi connectivity index (χ1) is 10.3. The van der Waals surface area contributed by atoms with Crippen LogP contribution in [0.1, 0.15) is 24.1 Å². The van der Waals surface area contributed by atoms with Gasteiger partial charge >= 0.3 is 0 Å². The Morgan fingerprint density at radius 2 is 1.90 bits per heavy atom. The Hall–Kier alpha value is -2.86. The molecular weight excluding hydrogens is 258 g/mol. The molecule has 3 heteroatoms. The zero-order valence-electron chi connectivity index (χ0n) is 11.7. The van der Waals surface area contributed by atoms with E-state index < -0.39 is 0 Å². The van der Waals surface area contributed by atoms with Gasteiger partial charge in [-0.3, -0.25) is 4.98 Å². The third-order valence-corrected chi connectivity index (χ3v) is 3.53. The largest absolute Gasteiger partial charge is 0.379 e. The minimum Gasteiger partial charge on any atom is -0.379 e. The van der Waals surface area contributed by atoms with Gasteiger partial charge in [-0.25, -0.2) is 0 Å². The number of hydrogen-bond acceptors (Lipinski definition) is 3. The van der Waals surface area contributed by atoms with E-state index >= 15 is 0 Å². The van der Waals surface area contributed by atoms with E-state index in [1.54, 1.807) is 6.20 Å². The van der Waals surface area contributed by atoms with Gasteiger partial charge in [-0.2, -0.15) is 5.26 Å². The van der Waals surface area contributed by atoms with Crippen LogP contribution >= 0.6 is 0 Å². The number of anilines is 1. The predicted octanol–water partition coefficient (Wildman–Crippen LogP) is 4.28. The lowest BCUT2D eigenvalue weighted by Crippen LogP contribution is -2.06. The van der Waals surface area contributed by atoms with Crippen LogP contribution in [0.15, 0.2) is 60.8 Å². The summed E-state index contributed by atoms with van der Waals surface area (Å²) in [6.07, 6.45) is 1.80. The second kappa shape index (κ2) is 5.64. The average molecular weight is 273 g/mol. The van der Waals surface area contributed by atoms with E-state index in [1.165, 1.54) is 0 Å². The number of fused-ring (bicyclic) bond motifs is 1. The van der Waals surface area contributed by atoms with Crippen LogP contribution < -0.4 is 5.32 Å². The number of nitrogens with zero attached hydrogens (tertiary/aromatic N) is 2. The molecule has 1 heterocycles. The van der Waals surface area contributed by atoms with Crippen molar-refractivity contribution in [2.75, 3.05) is 5.32 Å². The summed E-state index contributed by atoms with van der Waals surface area (Å²) >= 11 is 0. The molecule has 1 aromatic heterocycles. The van der Waals surface area contributed by atoms with Crippen molar-refractivity contribution in [1.29, 1.82) is 5.26 Å². The van der Waals surface area contributed by atoms with Crippen molar-refractivity contribution in [3.05, 3.63) is 71.9 Å². The van der Waals surface area contributed by atoms with Crippen molar-refractivity contribution in [3.8, 4) is 6.07 Å². The van der Waals surface area contributed by atoms with E-state index in [4.69, 9.17) is 5.26 Å². The van der Waals surface area contributed by atoms with Gasteiger partial charge in [0.2, 0.25) is 0 Å². The molecule has 3 rings (SSSR count). The highest BCUT2D eigenvalue weighted by Gasteiger charge is 2.06. The topological polar surface area (TPSA) is 48.7 Å². The first-order valence-electron chi connectivity index (χ1n) is 6.87. The maximum atomic E-state index is 8.83. The molecule has 0 bridgehead atoms. The summed E-state index contributed by atoms with van der Waals surface area (Å²) in [5.74, 6) is 0. The molecule has 21 heavy (non-hydrogen) atoms. The van der Waals surface area contributed by atoms with E-state index in [0.717, 1.165) is 22.2 Å². The SMILES string of the molecule is CC(Nc1ccc2ncccc2c1)c1ccc(C#N)cc1. The summed E-state index contributed by atoms with van der Waals surface area (Å²) in [6, 6.07) is 20.1. The Morgan fingerprint density at radius 1 is 1.10 bits per heavy atom. The van der Waals surface area contributed by atoms with Crippen molar-refractivity contribution in [1.82, 2.24) is 4.98 Å². The lowest BCUT2D eigenvalue weighted by molar-refractivity contribution is 0.885. The first-order valence-corrected chi connectivity index (χ1v) is 6.87. The highest BCUT2D eigenvalue weighted by atomic mass is 14.9. The number of nitrogens with one attached hydrogen (secondary N) is 1. The molecule has 1 unspecified atom stereocenters. The van der Waals surface area contributed by atoms with Crippen molar-refractivity contribution >= 4 is 16.6 Å². The van der Waals surface area contributed by atoms with E-state index in [2.05, 4.69) is 35.4 Å². The van der Waals surface area contributed by atoms with Gasteiger partial charge in [-0.05, 0) is 48.9 Å². The first kappa shape index (κ1) is 13.1. The van der Waals surface area contributed by atoms with Crippen molar-refractivity contribution < 1.29 is 0 Å². The van der Waals surface area contributed by atoms with Crippen LogP contribution in [-0.4, -0.2) is 4.98 Å². The molecule has 3 aromatic rings. The van der Waals surface area contributed by atoms with Gasteiger partial charge in [-0.1, -0.05) is 18.2 Å². The quantitative estimate of drug-likeness (QED) is 0.774. The van der Waals surface area contributed by atoms with Crippen molar-refractivity contribution in [2.45, 2.75) is 13.0 Å². The fourth-order valence-electron chi connectivity index (χ4n) is 2.35. The fourth-order valence-corrected chi connectivity index (χ4v) is 2.35. The predicted molar refractivity (Wildman–Crippen MR) is 84.9 cm³/mol. The summed E-state index contributed by atoms with van der Waals surface area (Å²) in [5, 5.41) is 13.4. The summed E-state index contributed by atoms with van der Waals surface area (Å²) in [7, 11) is 0. The Bertz CT molecular complexity index is 801. The number of rotatable bonds is 3. The van der Waals surface area contributed by atoms with Crippen molar-refractivity contribution in [3.63, 3.8) is 0 Å². The molecule has 0 saturated carbocycles. The van der Waals surface area contributed by atoms with Gasteiger partial charge in [0.05, 0.1) is 17.1 Å². The normalized spacial score (nSPS) is 11.8. The molecular formula is C18H15N3. The molecule has 1 atom stereocenters. The van der Waals surface area contributed by atoms with Crippen LogP contribution in [0.2, 0.25) is 0 Å². The molecule has 0 radical (unpaired) electrons. The molecule has 2 aromatic carbocycles. The second-order valence-corrected chi connectivity index (χ2v) is 5.01. The second-order valence-electron chi connectivity index (χ2n) is 5.01. The van der Waals surface area contributed by atoms with Crippen LogP contribution in [-0.2, 0) is 0 Å². The number of hydrogen-bond donors (Lipinski definition) is 1. The summed E-state index contributed by atoms with van der Waals surface area (Å²) in [5.41, 5.74) is 3.89. The van der Waals surface area contributed by atoms with Gasteiger partial charge < -0.3 is 5.32 Å². The molecule has 0 amide bonds. The van der Waals surface area contributed by atoms with Gasteiger partial charge in [-0.15, -0.1) is 0 Å². The molecule has 1 N–H and O–H groups in total.